The Hall–Kier alpha value is -2.23. The molecule has 1 aromatic heterocycles. The predicted octanol–water partition coefficient (Wildman–Crippen LogP) is -0.458. The summed E-state index contributed by atoms with van der Waals surface area (Å²) in [5, 5.41) is 23.8. The van der Waals surface area contributed by atoms with Gasteiger partial charge in [0.05, 0.1) is 4.90 Å². The van der Waals surface area contributed by atoms with Crippen molar-refractivity contribution in [2.45, 2.75) is 17.4 Å². The first kappa shape index (κ1) is 15.2. The van der Waals surface area contributed by atoms with Crippen molar-refractivity contribution in [3.63, 3.8) is 0 Å². The first-order valence-corrected chi connectivity index (χ1v) is 7.37. The molecule has 0 saturated carbocycles. The lowest BCUT2D eigenvalue weighted by Gasteiger charge is -2.09. The molecule has 8 nitrogen and oxygen atoms in total. The first-order chi connectivity index (χ1) is 9.70. The standard InChI is InChI=1S/C12H13N3O5S/c13-8(12(17)18)5-6-1-2-7-10(21(14,19)20)4-3-9(16)11(7)15-6/h1-4,8,16H,5,13H2,(H,17,18)(H2,14,19,20). The molecule has 0 aliphatic heterocycles. The highest BCUT2D eigenvalue weighted by atomic mass is 32.2. The Labute approximate surface area is 120 Å². The normalized spacial score (nSPS) is 13.2. The number of aliphatic carboxylic acids is 1. The number of aromatic nitrogens is 1. The van der Waals surface area contributed by atoms with Gasteiger partial charge in [0.1, 0.15) is 17.3 Å². The number of carbonyl (C=O) groups is 1. The van der Waals surface area contributed by atoms with Crippen molar-refractivity contribution in [1.82, 2.24) is 4.98 Å². The quantitative estimate of drug-likeness (QED) is 0.595. The van der Waals surface area contributed by atoms with Gasteiger partial charge in [0.15, 0.2) is 0 Å². The van der Waals surface area contributed by atoms with E-state index >= 15 is 0 Å². The van der Waals surface area contributed by atoms with Crippen LogP contribution in [0.25, 0.3) is 10.9 Å². The van der Waals surface area contributed by atoms with Crippen molar-refractivity contribution in [3.05, 3.63) is 30.0 Å². The number of carboxylic acids is 1. The number of sulfonamides is 1. The third-order valence-corrected chi connectivity index (χ3v) is 3.88. The van der Waals surface area contributed by atoms with E-state index in [4.69, 9.17) is 16.0 Å². The van der Waals surface area contributed by atoms with E-state index in [9.17, 15) is 18.3 Å². The Bertz CT molecular complexity index is 819. The third-order valence-electron chi connectivity index (χ3n) is 2.91. The van der Waals surface area contributed by atoms with Crippen LogP contribution in [0.15, 0.2) is 29.2 Å². The van der Waals surface area contributed by atoms with Gasteiger partial charge >= 0.3 is 5.97 Å². The summed E-state index contributed by atoms with van der Waals surface area (Å²) >= 11 is 0. The van der Waals surface area contributed by atoms with Gasteiger partial charge in [-0.3, -0.25) is 4.79 Å². The summed E-state index contributed by atoms with van der Waals surface area (Å²) in [6, 6.07) is 4.05. The number of carboxylic acid groups (broad SMARTS) is 1. The van der Waals surface area contributed by atoms with E-state index < -0.39 is 22.0 Å². The molecule has 1 heterocycles. The maximum absolute atomic E-state index is 11.5. The summed E-state index contributed by atoms with van der Waals surface area (Å²) in [7, 11) is -3.97. The minimum atomic E-state index is -3.97. The fourth-order valence-corrected chi connectivity index (χ4v) is 2.62. The highest BCUT2D eigenvalue weighted by Crippen LogP contribution is 2.28. The van der Waals surface area contributed by atoms with Crippen LogP contribution in [0, 0.1) is 0 Å². The zero-order valence-electron chi connectivity index (χ0n) is 10.7. The average Bonchev–Trinajstić information content (AvgIpc) is 2.38. The Kier molecular flexibility index (Phi) is 3.81. The van der Waals surface area contributed by atoms with Crippen molar-refractivity contribution < 1.29 is 23.4 Å². The van der Waals surface area contributed by atoms with Crippen molar-refractivity contribution in [3.8, 4) is 5.75 Å². The lowest BCUT2D eigenvalue weighted by Crippen LogP contribution is -2.32. The number of nitrogens with zero attached hydrogens (tertiary/aromatic N) is 1. The summed E-state index contributed by atoms with van der Waals surface area (Å²) in [4.78, 5) is 14.6. The van der Waals surface area contributed by atoms with E-state index in [-0.39, 0.29) is 28.0 Å². The Morgan fingerprint density at radius 3 is 2.52 bits per heavy atom. The molecule has 2 aromatic rings. The molecule has 0 aliphatic rings. The van der Waals surface area contributed by atoms with Gasteiger partial charge in [-0.1, -0.05) is 0 Å². The summed E-state index contributed by atoms with van der Waals surface area (Å²) in [6.07, 6.45) is -0.0513. The summed E-state index contributed by atoms with van der Waals surface area (Å²) in [5.41, 5.74) is 5.76. The smallest absolute Gasteiger partial charge is 0.320 e. The van der Waals surface area contributed by atoms with Gasteiger partial charge in [-0.25, -0.2) is 18.5 Å². The largest absolute Gasteiger partial charge is 0.506 e. The minimum Gasteiger partial charge on any atom is -0.506 e. The third kappa shape index (κ3) is 3.10. The number of phenols is 1. The number of rotatable bonds is 4. The topological polar surface area (TPSA) is 157 Å². The maximum atomic E-state index is 11.5. The van der Waals surface area contributed by atoms with Crippen LogP contribution in [-0.2, 0) is 21.2 Å². The number of phenolic OH excluding ortho intramolecular Hbond substituents is 1. The van der Waals surface area contributed by atoms with E-state index in [1.165, 1.54) is 18.2 Å². The molecule has 1 unspecified atom stereocenters. The molecule has 0 radical (unpaired) electrons. The molecule has 0 bridgehead atoms. The summed E-state index contributed by atoms with van der Waals surface area (Å²) in [5.74, 6) is -1.41. The number of benzene rings is 1. The van der Waals surface area contributed by atoms with Crippen LogP contribution in [-0.4, -0.2) is 35.6 Å². The van der Waals surface area contributed by atoms with E-state index in [0.29, 0.717) is 5.69 Å². The van der Waals surface area contributed by atoms with Gasteiger partial charge in [0.25, 0.3) is 0 Å². The van der Waals surface area contributed by atoms with Crippen LogP contribution in [0.3, 0.4) is 0 Å². The number of pyridine rings is 1. The lowest BCUT2D eigenvalue weighted by molar-refractivity contribution is -0.138. The molecule has 0 spiro atoms. The average molecular weight is 311 g/mol. The van der Waals surface area contributed by atoms with Gasteiger partial charge in [0.2, 0.25) is 10.0 Å². The van der Waals surface area contributed by atoms with E-state index in [0.717, 1.165) is 6.07 Å². The summed E-state index contributed by atoms with van der Waals surface area (Å²) < 4.78 is 23.0. The molecule has 0 fully saturated rings. The predicted molar refractivity (Wildman–Crippen MR) is 74.1 cm³/mol. The SMILES string of the molecule is NC(Cc1ccc2c(S(N)(=O)=O)ccc(O)c2n1)C(=O)O. The molecular weight excluding hydrogens is 298 g/mol. The number of fused-ring (bicyclic) bond motifs is 1. The number of hydrogen-bond acceptors (Lipinski definition) is 6. The van der Waals surface area contributed by atoms with Gasteiger partial charge in [0, 0.05) is 17.5 Å². The van der Waals surface area contributed by atoms with Crippen LogP contribution in [0.4, 0.5) is 0 Å². The Balaban J connectivity index is 2.59. The summed E-state index contributed by atoms with van der Waals surface area (Å²) in [6.45, 7) is 0. The molecule has 2 rings (SSSR count). The molecule has 9 heteroatoms. The zero-order chi connectivity index (χ0) is 15.8. The zero-order valence-corrected chi connectivity index (χ0v) is 11.5. The number of primary sulfonamides is 1. The second kappa shape index (κ2) is 5.28. The molecular formula is C12H13N3O5S. The second-order valence-corrected chi connectivity index (χ2v) is 6.01. The van der Waals surface area contributed by atoms with Crippen molar-refractivity contribution >= 4 is 26.9 Å². The molecule has 6 N–H and O–H groups in total. The van der Waals surface area contributed by atoms with Crippen LogP contribution in [0.2, 0.25) is 0 Å². The number of aromatic hydroxyl groups is 1. The van der Waals surface area contributed by atoms with Crippen molar-refractivity contribution in [2.24, 2.45) is 10.9 Å². The fraction of sp³-hybridized carbons (Fsp3) is 0.167. The molecule has 0 amide bonds. The van der Waals surface area contributed by atoms with Gasteiger partial charge in [-0.2, -0.15) is 0 Å². The van der Waals surface area contributed by atoms with Crippen LogP contribution in [0.5, 0.6) is 5.75 Å². The second-order valence-electron chi connectivity index (χ2n) is 4.48. The molecule has 112 valence electrons. The molecule has 21 heavy (non-hydrogen) atoms. The molecule has 1 aromatic carbocycles. The molecule has 1 atom stereocenters. The number of hydrogen-bond donors (Lipinski definition) is 4. The van der Waals surface area contributed by atoms with Crippen LogP contribution < -0.4 is 10.9 Å². The Morgan fingerprint density at radius 2 is 1.95 bits per heavy atom. The van der Waals surface area contributed by atoms with E-state index in [1.54, 1.807) is 0 Å². The number of nitrogens with two attached hydrogens (primary N) is 2. The Morgan fingerprint density at radius 1 is 1.29 bits per heavy atom. The first-order valence-electron chi connectivity index (χ1n) is 5.83. The van der Waals surface area contributed by atoms with Crippen LogP contribution >= 0.6 is 0 Å². The minimum absolute atomic E-state index is 0.0246. The maximum Gasteiger partial charge on any atom is 0.320 e. The highest BCUT2D eigenvalue weighted by molar-refractivity contribution is 7.89. The van der Waals surface area contributed by atoms with Gasteiger partial charge in [-0.05, 0) is 24.3 Å². The van der Waals surface area contributed by atoms with E-state index in [1.807, 2.05) is 0 Å². The van der Waals surface area contributed by atoms with E-state index in [2.05, 4.69) is 4.98 Å². The van der Waals surface area contributed by atoms with Gasteiger partial charge < -0.3 is 15.9 Å². The lowest BCUT2D eigenvalue weighted by atomic mass is 10.1. The van der Waals surface area contributed by atoms with Crippen molar-refractivity contribution in [1.29, 1.82) is 0 Å². The highest BCUT2D eigenvalue weighted by Gasteiger charge is 2.18. The molecule has 0 saturated heterocycles. The van der Waals surface area contributed by atoms with Crippen LogP contribution in [0.1, 0.15) is 5.69 Å². The van der Waals surface area contributed by atoms with Gasteiger partial charge in [-0.15, -0.1) is 0 Å². The van der Waals surface area contributed by atoms with Crippen molar-refractivity contribution in [2.75, 3.05) is 0 Å². The molecule has 0 aliphatic carbocycles. The monoisotopic (exact) mass is 311 g/mol. The fourth-order valence-electron chi connectivity index (χ4n) is 1.89.